The largest absolute Gasteiger partial charge is 0.506 e. The first-order chi connectivity index (χ1) is 18.7. The van der Waals surface area contributed by atoms with Crippen molar-refractivity contribution in [2.45, 2.75) is 27.4 Å². The van der Waals surface area contributed by atoms with E-state index < -0.39 is 11.9 Å². The van der Waals surface area contributed by atoms with Crippen LogP contribution in [0.15, 0.2) is 90.8 Å². The highest BCUT2D eigenvalue weighted by atomic mass is 79.9. The maximum Gasteiger partial charge on any atom is 0.344 e. The number of nitrogens with zero attached hydrogens (tertiary/aromatic N) is 1. The molecule has 0 saturated heterocycles. The molecule has 0 fully saturated rings. The van der Waals surface area contributed by atoms with Gasteiger partial charge in [-0.1, -0.05) is 59.8 Å². The number of rotatable bonds is 7. The van der Waals surface area contributed by atoms with Crippen LogP contribution in [0.1, 0.15) is 39.5 Å². The van der Waals surface area contributed by atoms with Crippen LogP contribution in [-0.2, 0) is 16.1 Å². The molecular formula is C30H25Br2NO5S. The van der Waals surface area contributed by atoms with E-state index in [2.05, 4.69) is 36.9 Å². The lowest BCUT2D eigenvalue weighted by atomic mass is 10.1. The fourth-order valence-corrected chi connectivity index (χ4v) is 6.21. The molecule has 0 bridgehead atoms. The molecule has 3 aromatic rings. The number of ether oxygens (including phenoxy) is 2. The first-order valence-electron chi connectivity index (χ1n) is 12.0. The molecule has 0 aliphatic carbocycles. The minimum Gasteiger partial charge on any atom is -0.506 e. The summed E-state index contributed by atoms with van der Waals surface area (Å²) in [7, 11) is 0. The minimum atomic E-state index is -0.746. The molecule has 9 heteroatoms. The van der Waals surface area contributed by atoms with E-state index in [0.29, 0.717) is 31.8 Å². The summed E-state index contributed by atoms with van der Waals surface area (Å²) in [4.78, 5) is 30.2. The van der Waals surface area contributed by atoms with Gasteiger partial charge in [0.2, 0.25) is 0 Å². The normalized spacial score (nSPS) is 15.2. The van der Waals surface area contributed by atoms with Crippen molar-refractivity contribution in [3.05, 3.63) is 114 Å². The van der Waals surface area contributed by atoms with E-state index in [-0.39, 0.29) is 23.0 Å². The van der Waals surface area contributed by atoms with Gasteiger partial charge >= 0.3 is 5.97 Å². The molecule has 1 aliphatic rings. The lowest BCUT2D eigenvalue weighted by Crippen LogP contribution is -2.14. The average molecular weight is 671 g/mol. The first kappa shape index (κ1) is 28.9. The first-order valence-corrected chi connectivity index (χ1v) is 14.4. The quantitative estimate of drug-likeness (QED) is 0.256. The maximum atomic E-state index is 12.9. The van der Waals surface area contributed by atoms with Crippen molar-refractivity contribution in [2.24, 2.45) is 4.99 Å². The molecule has 3 aromatic carbocycles. The zero-order chi connectivity index (χ0) is 28.1. The molecule has 0 saturated carbocycles. The van der Waals surface area contributed by atoms with Gasteiger partial charge in [0.25, 0.3) is 5.91 Å². The van der Waals surface area contributed by atoms with Crippen molar-refractivity contribution in [1.82, 2.24) is 0 Å². The Balaban J connectivity index is 1.63. The number of hydrogen-bond acceptors (Lipinski definition) is 6. The summed E-state index contributed by atoms with van der Waals surface area (Å²) in [6, 6.07) is 18.8. The highest BCUT2D eigenvalue weighted by Crippen LogP contribution is 2.41. The fourth-order valence-electron chi connectivity index (χ4n) is 3.75. The average Bonchev–Trinajstić information content (AvgIpc) is 3.19. The summed E-state index contributed by atoms with van der Waals surface area (Å²) >= 11 is 8.18. The Morgan fingerprint density at radius 2 is 1.69 bits per heavy atom. The predicted molar refractivity (Wildman–Crippen MR) is 162 cm³/mol. The molecule has 0 spiro atoms. The number of hydrogen-bond donors (Lipinski definition) is 1. The number of esters is 1. The third-order valence-electron chi connectivity index (χ3n) is 5.77. The van der Waals surface area contributed by atoms with Crippen molar-refractivity contribution in [3.63, 3.8) is 0 Å². The van der Waals surface area contributed by atoms with E-state index in [4.69, 9.17) is 9.47 Å². The van der Waals surface area contributed by atoms with Crippen molar-refractivity contribution >= 4 is 66.6 Å². The van der Waals surface area contributed by atoms with E-state index >= 15 is 0 Å². The fraction of sp³-hybridized carbons (Fsp3) is 0.167. The second-order valence-corrected chi connectivity index (χ2v) is 11.4. The Labute approximate surface area is 248 Å². The summed E-state index contributed by atoms with van der Waals surface area (Å²) < 4.78 is 12.6. The number of aryl methyl sites for hydroxylation is 2. The monoisotopic (exact) mass is 669 g/mol. The third kappa shape index (κ3) is 6.90. The van der Waals surface area contributed by atoms with Gasteiger partial charge in [-0.15, -0.1) is 0 Å². The van der Waals surface area contributed by atoms with E-state index in [9.17, 15) is 14.7 Å². The molecule has 6 nitrogen and oxygen atoms in total. The number of thioether (sulfide) groups is 1. The Morgan fingerprint density at radius 1 is 1.03 bits per heavy atom. The van der Waals surface area contributed by atoms with E-state index in [1.54, 1.807) is 25.1 Å². The smallest absolute Gasteiger partial charge is 0.344 e. The highest BCUT2D eigenvalue weighted by molar-refractivity contribution is 9.11. The lowest BCUT2D eigenvalue weighted by Gasteiger charge is -2.12. The Morgan fingerprint density at radius 3 is 2.33 bits per heavy atom. The van der Waals surface area contributed by atoms with Crippen LogP contribution in [-0.4, -0.2) is 28.6 Å². The minimum absolute atomic E-state index is 0.0848. The molecule has 4 rings (SSSR count). The number of aliphatic hydroxyl groups is 1. The molecule has 1 heterocycles. The number of aliphatic imine (C=N–C) groups is 1. The highest BCUT2D eigenvalue weighted by Gasteiger charge is 2.34. The van der Waals surface area contributed by atoms with E-state index in [1.807, 2.05) is 62.4 Å². The molecule has 0 atom stereocenters. The topological polar surface area (TPSA) is 85.2 Å². The van der Waals surface area contributed by atoms with Crippen LogP contribution in [0.3, 0.4) is 0 Å². The van der Waals surface area contributed by atoms with Gasteiger partial charge in [0, 0.05) is 5.56 Å². The summed E-state index contributed by atoms with van der Waals surface area (Å²) in [5, 5.41) is 11.1. The molecule has 1 N–H and O–H groups in total. The standard InChI is InChI=1S/C30H25Br2NO5S/c1-4-37-30(36)25-26(34)24(39-29(25)33-28(35)21-8-6-5-7-18(21)3)15-20-13-22(31)27(23(32)14-20)38-16-19-11-9-17(2)10-12-19/h5-15,34H,4,16H2,1-3H3/b24-15-,33-29?. The molecule has 0 unspecified atom stereocenters. The zero-order valence-corrected chi connectivity index (χ0v) is 25.4. The summed E-state index contributed by atoms with van der Waals surface area (Å²) in [6.45, 7) is 6.02. The Kier molecular flexibility index (Phi) is 9.48. The van der Waals surface area contributed by atoms with Gasteiger partial charge < -0.3 is 14.6 Å². The van der Waals surface area contributed by atoms with Crippen LogP contribution in [0.2, 0.25) is 0 Å². The maximum absolute atomic E-state index is 12.9. The van der Waals surface area contributed by atoms with Crippen molar-refractivity contribution in [3.8, 4) is 5.75 Å². The van der Waals surface area contributed by atoms with Crippen LogP contribution in [0.25, 0.3) is 6.08 Å². The third-order valence-corrected chi connectivity index (χ3v) is 7.97. The summed E-state index contributed by atoms with van der Waals surface area (Å²) in [6.07, 6.45) is 1.71. The van der Waals surface area contributed by atoms with Gasteiger partial charge in [-0.25, -0.2) is 9.79 Å². The number of aliphatic hydroxyl groups excluding tert-OH is 1. The van der Waals surface area contributed by atoms with Gasteiger partial charge in [0.15, 0.2) is 0 Å². The predicted octanol–water partition coefficient (Wildman–Crippen LogP) is 8.11. The van der Waals surface area contributed by atoms with Gasteiger partial charge in [-0.05, 0) is 93.6 Å². The number of carbonyl (C=O) groups is 2. The van der Waals surface area contributed by atoms with Crippen LogP contribution >= 0.6 is 43.6 Å². The van der Waals surface area contributed by atoms with Gasteiger partial charge in [0.05, 0.1) is 20.5 Å². The van der Waals surface area contributed by atoms with Crippen LogP contribution < -0.4 is 4.74 Å². The van der Waals surface area contributed by atoms with Gasteiger partial charge in [-0.3, -0.25) is 4.79 Å². The molecule has 1 amide bonds. The summed E-state index contributed by atoms with van der Waals surface area (Å²) in [5.41, 5.74) is 3.99. The van der Waals surface area contributed by atoms with Gasteiger partial charge in [0.1, 0.15) is 28.7 Å². The van der Waals surface area contributed by atoms with E-state index in [1.165, 1.54) is 5.56 Å². The van der Waals surface area contributed by atoms with Crippen molar-refractivity contribution in [2.75, 3.05) is 6.61 Å². The molecule has 1 aliphatic heterocycles. The lowest BCUT2D eigenvalue weighted by molar-refractivity contribution is -0.138. The zero-order valence-electron chi connectivity index (χ0n) is 21.5. The van der Waals surface area contributed by atoms with Crippen molar-refractivity contribution in [1.29, 1.82) is 0 Å². The van der Waals surface area contributed by atoms with Crippen LogP contribution in [0.4, 0.5) is 0 Å². The number of benzene rings is 3. The second kappa shape index (κ2) is 12.8. The van der Waals surface area contributed by atoms with Gasteiger partial charge in [-0.2, -0.15) is 0 Å². The summed E-state index contributed by atoms with van der Waals surface area (Å²) in [5.74, 6) is -0.909. The molecule has 0 aromatic heterocycles. The van der Waals surface area contributed by atoms with E-state index in [0.717, 1.165) is 28.5 Å². The van der Waals surface area contributed by atoms with Crippen LogP contribution in [0.5, 0.6) is 5.75 Å². The molecular weight excluding hydrogens is 646 g/mol. The molecule has 0 radical (unpaired) electrons. The number of amides is 1. The Bertz CT molecular complexity index is 1500. The second-order valence-electron chi connectivity index (χ2n) is 8.68. The number of halogens is 2. The Hall–Kier alpha value is -3.14. The molecule has 200 valence electrons. The van der Waals surface area contributed by atoms with Crippen molar-refractivity contribution < 1.29 is 24.2 Å². The SMILES string of the molecule is CCOC(=O)C1=C(O)/C(=C/c2cc(Br)c(OCc3ccc(C)cc3)c(Br)c2)SC1=NC(=O)c1ccccc1C. The van der Waals surface area contributed by atoms with Crippen LogP contribution in [0, 0.1) is 13.8 Å². The molecule has 39 heavy (non-hydrogen) atoms. The number of carbonyl (C=O) groups excluding carboxylic acids is 2.